The molecule has 6 nitrogen and oxygen atoms in total. The molecule has 0 saturated carbocycles. The molecule has 0 fully saturated rings. The largest absolute Gasteiger partial charge is 0.491 e. The van der Waals surface area contributed by atoms with Gasteiger partial charge >= 0.3 is 6.03 Å². The van der Waals surface area contributed by atoms with Gasteiger partial charge in [0.2, 0.25) is 5.91 Å². The molecule has 0 aliphatic carbocycles. The van der Waals surface area contributed by atoms with E-state index in [0.29, 0.717) is 6.54 Å². The number of hydrogen-bond acceptors (Lipinski definition) is 4. The number of rotatable bonds is 6. The third kappa shape index (κ3) is 6.16. The maximum Gasteiger partial charge on any atom is 0.321 e. The number of carbonyl (C=O) groups is 2. The number of anilines is 1. The Kier molecular flexibility index (Phi) is 6.52. The van der Waals surface area contributed by atoms with Crippen molar-refractivity contribution in [3.05, 3.63) is 24.3 Å². The molecule has 1 aromatic rings. The fraction of sp³-hybridized carbons (Fsp3) is 0.467. The van der Waals surface area contributed by atoms with Gasteiger partial charge in [-0.25, -0.2) is 4.79 Å². The lowest BCUT2D eigenvalue weighted by Gasteiger charge is -2.15. The van der Waals surface area contributed by atoms with Gasteiger partial charge < -0.3 is 15.4 Å². The van der Waals surface area contributed by atoms with E-state index in [1.165, 1.54) is 0 Å². The molecule has 0 saturated heterocycles. The van der Waals surface area contributed by atoms with Crippen LogP contribution in [0.4, 0.5) is 10.5 Å². The van der Waals surface area contributed by atoms with E-state index >= 15 is 0 Å². The van der Waals surface area contributed by atoms with E-state index in [1.807, 2.05) is 38.1 Å². The molecule has 6 heteroatoms. The Labute approximate surface area is 125 Å². The van der Waals surface area contributed by atoms with Gasteiger partial charge in [-0.15, -0.1) is 0 Å². The highest BCUT2D eigenvalue weighted by molar-refractivity contribution is 5.97. The van der Waals surface area contributed by atoms with Gasteiger partial charge in [-0.3, -0.25) is 10.1 Å². The average Bonchev–Trinajstić information content (AvgIpc) is 2.40. The van der Waals surface area contributed by atoms with Crippen molar-refractivity contribution in [3.8, 4) is 5.75 Å². The number of imide groups is 1. The summed E-state index contributed by atoms with van der Waals surface area (Å²) >= 11 is 0. The van der Waals surface area contributed by atoms with Crippen molar-refractivity contribution in [2.75, 3.05) is 11.9 Å². The second-order valence-corrected chi connectivity index (χ2v) is 4.91. The molecule has 0 aromatic heterocycles. The molecular weight excluding hydrogens is 270 g/mol. The van der Waals surface area contributed by atoms with Crippen LogP contribution in [0, 0.1) is 0 Å². The van der Waals surface area contributed by atoms with E-state index in [0.717, 1.165) is 11.4 Å². The molecule has 0 spiro atoms. The van der Waals surface area contributed by atoms with E-state index in [9.17, 15) is 9.59 Å². The van der Waals surface area contributed by atoms with Gasteiger partial charge in [0.25, 0.3) is 0 Å². The average molecular weight is 293 g/mol. The molecule has 0 radical (unpaired) electrons. The van der Waals surface area contributed by atoms with Gasteiger partial charge in [-0.2, -0.15) is 0 Å². The van der Waals surface area contributed by atoms with Gasteiger partial charge in [-0.1, -0.05) is 0 Å². The van der Waals surface area contributed by atoms with Crippen LogP contribution in [0.15, 0.2) is 24.3 Å². The molecule has 0 aliphatic heterocycles. The van der Waals surface area contributed by atoms with Crippen molar-refractivity contribution < 1.29 is 14.3 Å². The molecule has 0 aliphatic rings. The monoisotopic (exact) mass is 293 g/mol. The highest BCUT2D eigenvalue weighted by Gasteiger charge is 2.15. The van der Waals surface area contributed by atoms with Crippen LogP contribution in [0.2, 0.25) is 0 Å². The predicted octanol–water partition coefficient (Wildman–Crippen LogP) is 2.12. The Morgan fingerprint density at radius 3 is 2.29 bits per heavy atom. The molecule has 1 aromatic carbocycles. The molecule has 3 N–H and O–H groups in total. The number of benzene rings is 1. The predicted molar refractivity (Wildman–Crippen MR) is 82.5 cm³/mol. The highest BCUT2D eigenvalue weighted by Crippen LogP contribution is 2.17. The SMILES string of the molecule is CCNC(=O)NC(=O)C(C)Nc1ccc(OC(C)C)cc1. The van der Waals surface area contributed by atoms with E-state index in [1.54, 1.807) is 13.8 Å². The number of amides is 3. The number of ether oxygens (including phenoxy) is 1. The summed E-state index contributed by atoms with van der Waals surface area (Å²) in [7, 11) is 0. The molecule has 1 unspecified atom stereocenters. The zero-order chi connectivity index (χ0) is 15.8. The Bertz CT molecular complexity index is 472. The first kappa shape index (κ1) is 16.8. The van der Waals surface area contributed by atoms with E-state index < -0.39 is 12.1 Å². The third-order valence-corrected chi connectivity index (χ3v) is 2.58. The van der Waals surface area contributed by atoms with E-state index in [4.69, 9.17) is 4.74 Å². The fourth-order valence-corrected chi connectivity index (χ4v) is 1.64. The Balaban J connectivity index is 2.52. The smallest absolute Gasteiger partial charge is 0.321 e. The summed E-state index contributed by atoms with van der Waals surface area (Å²) in [5.41, 5.74) is 0.782. The van der Waals surface area contributed by atoms with E-state index in [2.05, 4.69) is 16.0 Å². The minimum Gasteiger partial charge on any atom is -0.491 e. The molecule has 0 bridgehead atoms. The van der Waals surface area contributed by atoms with Crippen LogP contribution in [0.25, 0.3) is 0 Å². The summed E-state index contributed by atoms with van der Waals surface area (Å²) in [4.78, 5) is 23.1. The van der Waals surface area contributed by atoms with Gasteiger partial charge in [-0.05, 0) is 52.0 Å². The first-order valence-electron chi connectivity index (χ1n) is 7.04. The minimum atomic E-state index is -0.524. The zero-order valence-corrected chi connectivity index (χ0v) is 12.9. The van der Waals surface area contributed by atoms with Crippen LogP contribution in [0.3, 0.4) is 0 Å². The maximum atomic E-state index is 11.8. The number of hydrogen-bond donors (Lipinski definition) is 3. The van der Waals surface area contributed by atoms with Crippen LogP contribution in [-0.2, 0) is 4.79 Å². The minimum absolute atomic E-state index is 0.116. The van der Waals surface area contributed by atoms with Crippen molar-refractivity contribution in [3.63, 3.8) is 0 Å². The molecule has 21 heavy (non-hydrogen) atoms. The number of carbonyl (C=O) groups excluding carboxylic acids is 2. The maximum absolute atomic E-state index is 11.8. The lowest BCUT2D eigenvalue weighted by Crippen LogP contribution is -2.45. The normalized spacial score (nSPS) is 11.7. The quantitative estimate of drug-likeness (QED) is 0.750. The lowest BCUT2D eigenvalue weighted by atomic mass is 10.2. The highest BCUT2D eigenvalue weighted by atomic mass is 16.5. The third-order valence-electron chi connectivity index (χ3n) is 2.58. The summed E-state index contributed by atoms with van der Waals surface area (Å²) in [6.07, 6.45) is 0.116. The number of nitrogens with one attached hydrogen (secondary N) is 3. The Hall–Kier alpha value is -2.24. The van der Waals surface area contributed by atoms with Crippen LogP contribution in [0.5, 0.6) is 5.75 Å². The lowest BCUT2D eigenvalue weighted by molar-refractivity contribution is -0.120. The second-order valence-electron chi connectivity index (χ2n) is 4.91. The molecule has 116 valence electrons. The van der Waals surface area contributed by atoms with Crippen molar-refractivity contribution in [2.45, 2.75) is 39.8 Å². The summed E-state index contributed by atoms with van der Waals surface area (Å²) in [5, 5.41) is 7.79. The van der Waals surface area contributed by atoms with Crippen LogP contribution >= 0.6 is 0 Å². The van der Waals surface area contributed by atoms with Gasteiger partial charge in [0, 0.05) is 12.2 Å². The van der Waals surface area contributed by atoms with Crippen molar-refractivity contribution in [1.82, 2.24) is 10.6 Å². The molecule has 1 rings (SSSR count). The molecular formula is C15H23N3O3. The van der Waals surface area contributed by atoms with Gasteiger partial charge in [0.1, 0.15) is 11.8 Å². The first-order valence-corrected chi connectivity index (χ1v) is 7.04. The zero-order valence-electron chi connectivity index (χ0n) is 12.9. The van der Waals surface area contributed by atoms with Crippen molar-refractivity contribution in [1.29, 1.82) is 0 Å². The van der Waals surface area contributed by atoms with Crippen molar-refractivity contribution >= 4 is 17.6 Å². The first-order chi connectivity index (χ1) is 9.92. The Morgan fingerprint density at radius 2 is 1.76 bits per heavy atom. The summed E-state index contributed by atoms with van der Waals surface area (Å²) in [6.45, 7) is 7.86. The summed E-state index contributed by atoms with van der Waals surface area (Å²) in [6, 6.07) is 6.30. The topological polar surface area (TPSA) is 79.5 Å². The molecule has 0 heterocycles. The van der Waals surface area contributed by atoms with Gasteiger partial charge in [0.05, 0.1) is 6.10 Å². The van der Waals surface area contributed by atoms with Crippen LogP contribution < -0.4 is 20.7 Å². The van der Waals surface area contributed by atoms with Gasteiger partial charge in [0.15, 0.2) is 0 Å². The molecule has 3 amide bonds. The Morgan fingerprint density at radius 1 is 1.14 bits per heavy atom. The summed E-state index contributed by atoms with van der Waals surface area (Å²) in [5.74, 6) is 0.387. The summed E-state index contributed by atoms with van der Waals surface area (Å²) < 4.78 is 5.54. The molecule has 1 atom stereocenters. The van der Waals surface area contributed by atoms with Crippen molar-refractivity contribution in [2.24, 2.45) is 0 Å². The van der Waals surface area contributed by atoms with Crippen LogP contribution in [-0.4, -0.2) is 30.6 Å². The number of urea groups is 1. The van der Waals surface area contributed by atoms with Crippen LogP contribution in [0.1, 0.15) is 27.7 Å². The second kappa shape index (κ2) is 8.14. The standard InChI is InChI=1S/C15H23N3O3/c1-5-16-15(20)18-14(19)11(4)17-12-6-8-13(9-7-12)21-10(2)3/h6-11,17H,5H2,1-4H3,(H2,16,18,19,20). The van der Waals surface area contributed by atoms with E-state index in [-0.39, 0.29) is 12.0 Å². The fourth-order valence-electron chi connectivity index (χ4n) is 1.64.